The van der Waals surface area contributed by atoms with E-state index in [2.05, 4.69) is 10.6 Å². The Hall–Kier alpha value is -2.36. The third-order valence-corrected chi connectivity index (χ3v) is 3.28. The average molecular weight is 286 g/mol. The summed E-state index contributed by atoms with van der Waals surface area (Å²) in [4.78, 5) is 11.9. The summed E-state index contributed by atoms with van der Waals surface area (Å²) in [5.74, 6) is -0.447. The molecule has 0 aliphatic rings. The van der Waals surface area contributed by atoms with Crippen LogP contribution in [-0.4, -0.2) is 12.5 Å². The number of rotatable bonds is 4. The second-order valence-corrected chi connectivity index (χ2v) is 5.18. The van der Waals surface area contributed by atoms with E-state index >= 15 is 0 Å². The number of halogens is 1. The maximum atomic E-state index is 13.4. The number of hydrogen-bond acceptors (Lipinski definition) is 2. The molecule has 2 N–H and O–H groups in total. The summed E-state index contributed by atoms with van der Waals surface area (Å²) >= 11 is 0. The number of carbonyl (C=O) groups excluding carboxylic acids is 1. The normalized spacial score (nSPS) is 10.3. The number of nitrogens with one attached hydrogen (secondary N) is 2. The van der Waals surface area contributed by atoms with Crippen molar-refractivity contribution < 1.29 is 9.18 Å². The van der Waals surface area contributed by atoms with Crippen molar-refractivity contribution in [3.8, 4) is 0 Å². The van der Waals surface area contributed by atoms with Crippen LogP contribution in [0.25, 0.3) is 0 Å². The highest BCUT2D eigenvalue weighted by Crippen LogP contribution is 2.16. The molecule has 0 atom stereocenters. The van der Waals surface area contributed by atoms with Gasteiger partial charge in [0.1, 0.15) is 5.82 Å². The van der Waals surface area contributed by atoms with Crippen molar-refractivity contribution in [2.75, 3.05) is 17.2 Å². The van der Waals surface area contributed by atoms with E-state index in [0.717, 1.165) is 16.8 Å². The molecule has 0 aliphatic carbocycles. The van der Waals surface area contributed by atoms with Crippen molar-refractivity contribution in [1.82, 2.24) is 0 Å². The molecule has 0 fully saturated rings. The molecule has 0 unspecified atom stereocenters. The van der Waals surface area contributed by atoms with Crippen LogP contribution in [0.4, 0.5) is 15.8 Å². The van der Waals surface area contributed by atoms with E-state index in [4.69, 9.17) is 0 Å². The predicted octanol–water partition coefficient (Wildman–Crippen LogP) is 3.80. The van der Waals surface area contributed by atoms with Gasteiger partial charge < -0.3 is 10.6 Å². The second-order valence-electron chi connectivity index (χ2n) is 5.18. The van der Waals surface area contributed by atoms with Gasteiger partial charge in [0.05, 0.1) is 6.54 Å². The van der Waals surface area contributed by atoms with Crippen LogP contribution in [-0.2, 0) is 4.79 Å². The molecule has 2 rings (SSSR count). The van der Waals surface area contributed by atoms with Crippen molar-refractivity contribution in [3.63, 3.8) is 0 Å². The SMILES string of the molecule is Cc1ccc(NC(=O)CNc2ccc(C)c(F)c2)c(C)c1. The molecule has 0 aromatic heterocycles. The Bertz CT molecular complexity index is 668. The maximum absolute atomic E-state index is 13.4. The fraction of sp³-hybridized carbons (Fsp3) is 0.235. The molecule has 0 saturated carbocycles. The molecule has 0 spiro atoms. The van der Waals surface area contributed by atoms with Gasteiger partial charge in [-0.2, -0.15) is 0 Å². The molecule has 0 heterocycles. The molecule has 0 bridgehead atoms. The Morgan fingerprint density at radius 3 is 2.48 bits per heavy atom. The lowest BCUT2D eigenvalue weighted by atomic mass is 10.1. The summed E-state index contributed by atoms with van der Waals surface area (Å²) in [6.45, 7) is 5.75. The van der Waals surface area contributed by atoms with Crippen LogP contribution in [0, 0.1) is 26.6 Å². The van der Waals surface area contributed by atoms with Crippen LogP contribution in [0.3, 0.4) is 0 Å². The van der Waals surface area contributed by atoms with Gasteiger partial charge in [-0.3, -0.25) is 4.79 Å². The van der Waals surface area contributed by atoms with Crippen molar-refractivity contribution >= 4 is 17.3 Å². The lowest BCUT2D eigenvalue weighted by Gasteiger charge is -2.11. The first-order chi connectivity index (χ1) is 9.95. The van der Waals surface area contributed by atoms with Gasteiger partial charge in [-0.15, -0.1) is 0 Å². The van der Waals surface area contributed by atoms with Crippen LogP contribution < -0.4 is 10.6 Å². The first-order valence-corrected chi connectivity index (χ1v) is 6.83. The highest BCUT2D eigenvalue weighted by Gasteiger charge is 2.05. The van der Waals surface area contributed by atoms with Gasteiger partial charge in [-0.25, -0.2) is 4.39 Å². The van der Waals surface area contributed by atoms with Crippen LogP contribution in [0.5, 0.6) is 0 Å². The number of anilines is 2. The monoisotopic (exact) mass is 286 g/mol. The third kappa shape index (κ3) is 4.05. The number of carbonyl (C=O) groups is 1. The molecule has 0 saturated heterocycles. The van der Waals surface area contributed by atoms with E-state index in [1.165, 1.54) is 6.07 Å². The van der Waals surface area contributed by atoms with Crippen LogP contribution in [0.1, 0.15) is 16.7 Å². The number of amides is 1. The fourth-order valence-corrected chi connectivity index (χ4v) is 2.03. The van der Waals surface area contributed by atoms with Gasteiger partial charge in [0, 0.05) is 11.4 Å². The van der Waals surface area contributed by atoms with Crippen LogP contribution in [0.15, 0.2) is 36.4 Å². The molecular weight excluding hydrogens is 267 g/mol. The Balaban J connectivity index is 1.94. The summed E-state index contributed by atoms with van der Waals surface area (Å²) in [6.07, 6.45) is 0. The first-order valence-electron chi connectivity index (χ1n) is 6.83. The lowest BCUT2D eigenvalue weighted by Crippen LogP contribution is -2.22. The molecule has 0 radical (unpaired) electrons. The molecule has 2 aromatic carbocycles. The van der Waals surface area contributed by atoms with Gasteiger partial charge >= 0.3 is 0 Å². The minimum atomic E-state index is -0.283. The minimum absolute atomic E-state index is 0.0931. The summed E-state index contributed by atoms with van der Waals surface area (Å²) in [7, 11) is 0. The second kappa shape index (κ2) is 6.39. The largest absolute Gasteiger partial charge is 0.376 e. The van der Waals surface area contributed by atoms with Crippen molar-refractivity contribution in [1.29, 1.82) is 0 Å². The van der Waals surface area contributed by atoms with E-state index < -0.39 is 0 Å². The summed E-state index contributed by atoms with van der Waals surface area (Å²) in [5, 5.41) is 5.75. The van der Waals surface area contributed by atoms with Gasteiger partial charge in [0.2, 0.25) is 5.91 Å². The predicted molar refractivity (Wildman–Crippen MR) is 84.2 cm³/mol. The highest BCUT2D eigenvalue weighted by molar-refractivity contribution is 5.94. The quantitative estimate of drug-likeness (QED) is 0.897. The highest BCUT2D eigenvalue weighted by atomic mass is 19.1. The summed E-state index contributed by atoms with van der Waals surface area (Å²) in [5.41, 5.74) is 4.14. The third-order valence-electron chi connectivity index (χ3n) is 3.28. The molecule has 21 heavy (non-hydrogen) atoms. The van der Waals surface area contributed by atoms with Crippen LogP contribution >= 0.6 is 0 Å². The van der Waals surface area contributed by atoms with E-state index in [1.54, 1.807) is 19.1 Å². The minimum Gasteiger partial charge on any atom is -0.376 e. The van der Waals surface area contributed by atoms with Crippen LogP contribution in [0.2, 0.25) is 0 Å². The van der Waals surface area contributed by atoms with Crippen molar-refractivity contribution in [2.45, 2.75) is 20.8 Å². The lowest BCUT2D eigenvalue weighted by molar-refractivity contribution is -0.114. The standard InChI is InChI=1S/C17H19FN2O/c1-11-4-7-16(13(3)8-11)20-17(21)10-19-14-6-5-12(2)15(18)9-14/h4-9,19H,10H2,1-3H3,(H,20,21). The maximum Gasteiger partial charge on any atom is 0.243 e. The van der Waals surface area contributed by atoms with E-state index in [-0.39, 0.29) is 18.3 Å². The first kappa shape index (κ1) is 15.0. The topological polar surface area (TPSA) is 41.1 Å². The number of aryl methyl sites for hydroxylation is 3. The fourth-order valence-electron chi connectivity index (χ4n) is 2.03. The Morgan fingerprint density at radius 1 is 1.05 bits per heavy atom. The Morgan fingerprint density at radius 2 is 1.81 bits per heavy atom. The smallest absolute Gasteiger partial charge is 0.243 e. The van der Waals surface area contributed by atoms with Gasteiger partial charge in [0.25, 0.3) is 0 Å². The molecule has 0 aliphatic heterocycles. The Kier molecular flexibility index (Phi) is 4.58. The zero-order valence-electron chi connectivity index (χ0n) is 12.5. The van der Waals surface area contributed by atoms with Crippen molar-refractivity contribution in [3.05, 3.63) is 58.9 Å². The number of hydrogen-bond donors (Lipinski definition) is 2. The molecule has 4 heteroatoms. The summed E-state index contributed by atoms with van der Waals surface area (Å²) in [6, 6.07) is 10.7. The molecule has 1 amide bonds. The molecule has 110 valence electrons. The van der Waals surface area contributed by atoms with Gasteiger partial charge in [-0.05, 0) is 50.1 Å². The summed E-state index contributed by atoms with van der Waals surface area (Å²) < 4.78 is 13.4. The van der Waals surface area contributed by atoms with E-state index in [9.17, 15) is 9.18 Å². The van der Waals surface area contributed by atoms with Gasteiger partial charge in [-0.1, -0.05) is 23.8 Å². The zero-order chi connectivity index (χ0) is 15.4. The van der Waals surface area contributed by atoms with Crippen molar-refractivity contribution in [2.24, 2.45) is 0 Å². The zero-order valence-corrected chi connectivity index (χ0v) is 12.5. The molecule has 3 nitrogen and oxygen atoms in total. The van der Waals surface area contributed by atoms with E-state index in [1.807, 2.05) is 32.0 Å². The Labute approximate surface area is 124 Å². The average Bonchev–Trinajstić information content (AvgIpc) is 2.43. The van der Waals surface area contributed by atoms with E-state index in [0.29, 0.717) is 11.3 Å². The molecule has 2 aromatic rings. The molecular formula is C17H19FN2O. The van der Waals surface area contributed by atoms with Gasteiger partial charge in [0.15, 0.2) is 0 Å². The number of benzene rings is 2.